The molecule has 1 aliphatic heterocycles. The van der Waals surface area contributed by atoms with E-state index >= 15 is 0 Å². The molecule has 1 heterocycles. The second kappa shape index (κ2) is 4.25. The van der Waals surface area contributed by atoms with Crippen LogP contribution in [0.15, 0.2) is 18.2 Å². The molecule has 0 bridgehead atoms. The molecule has 17 heavy (non-hydrogen) atoms. The summed E-state index contributed by atoms with van der Waals surface area (Å²) in [4.78, 5) is 25.3. The SMILES string of the molecule is CN(C(=O)Cl)c1ccc2c(c1)N(C)C(=O)CO2. The van der Waals surface area contributed by atoms with Gasteiger partial charge in [0.2, 0.25) is 0 Å². The van der Waals surface area contributed by atoms with E-state index in [4.69, 9.17) is 16.3 Å². The topological polar surface area (TPSA) is 49.9 Å². The number of hydrogen-bond acceptors (Lipinski definition) is 3. The van der Waals surface area contributed by atoms with E-state index in [-0.39, 0.29) is 12.5 Å². The van der Waals surface area contributed by atoms with Gasteiger partial charge in [0.15, 0.2) is 6.61 Å². The first kappa shape index (κ1) is 11.7. The van der Waals surface area contributed by atoms with Crippen molar-refractivity contribution in [2.75, 3.05) is 30.5 Å². The Morgan fingerprint density at radius 1 is 1.53 bits per heavy atom. The number of amides is 2. The fraction of sp³-hybridized carbons (Fsp3) is 0.273. The van der Waals surface area contributed by atoms with Crippen LogP contribution in [-0.2, 0) is 4.79 Å². The molecule has 2 rings (SSSR count). The predicted molar refractivity (Wildman–Crippen MR) is 65.0 cm³/mol. The molecule has 0 radical (unpaired) electrons. The first-order valence-electron chi connectivity index (χ1n) is 4.97. The average Bonchev–Trinajstić information content (AvgIpc) is 2.32. The van der Waals surface area contributed by atoms with Crippen molar-refractivity contribution in [2.45, 2.75) is 0 Å². The summed E-state index contributed by atoms with van der Waals surface area (Å²) in [6.07, 6.45) is 0. The Balaban J connectivity index is 2.42. The van der Waals surface area contributed by atoms with Gasteiger partial charge in [-0.15, -0.1) is 0 Å². The highest BCUT2D eigenvalue weighted by atomic mass is 35.5. The molecule has 0 spiro atoms. The van der Waals surface area contributed by atoms with Crippen LogP contribution in [0.4, 0.5) is 16.2 Å². The quantitative estimate of drug-likeness (QED) is 0.568. The second-order valence-electron chi connectivity index (χ2n) is 3.71. The number of hydrogen-bond donors (Lipinski definition) is 0. The molecule has 0 saturated carbocycles. The molecule has 0 aliphatic carbocycles. The summed E-state index contributed by atoms with van der Waals surface area (Å²) in [5.41, 5.74) is 1.23. The predicted octanol–water partition coefficient (Wildman–Crippen LogP) is 1.84. The van der Waals surface area contributed by atoms with Crippen LogP contribution in [0.2, 0.25) is 0 Å². The van der Waals surface area contributed by atoms with Gasteiger partial charge in [-0.25, -0.2) is 0 Å². The van der Waals surface area contributed by atoms with E-state index in [1.165, 1.54) is 9.80 Å². The molecule has 0 atom stereocenters. The van der Waals surface area contributed by atoms with Gasteiger partial charge in [0.05, 0.1) is 5.69 Å². The van der Waals surface area contributed by atoms with Crippen LogP contribution in [0.5, 0.6) is 5.75 Å². The number of carbonyl (C=O) groups is 2. The van der Waals surface area contributed by atoms with E-state index in [1.54, 1.807) is 32.3 Å². The minimum absolute atomic E-state index is 0.0348. The van der Waals surface area contributed by atoms with E-state index in [2.05, 4.69) is 0 Å². The summed E-state index contributed by atoms with van der Waals surface area (Å²) in [5, 5.41) is -0.587. The molecule has 0 unspecified atom stereocenters. The van der Waals surface area contributed by atoms with Crippen molar-refractivity contribution in [2.24, 2.45) is 0 Å². The molecule has 5 nitrogen and oxygen atoms in total. The third-order valence-corrected chi connectivity index (χ3v) is 2.93. The van der Waals surface area contributed by atoms with Gasteiger partial charge in [0, 0.05) is 19.8 Å². The summed E-state index contributed by atoms with van der Waals surface area (Å²) in [6, 6.07) is 5.11. The highest BCUT2D eigenvalue weighted by molar-refractivity contribution is 6.66. The zero-order valence-corrected chi connectivity index (χ0v) is 10.2. The normalized spacial score (nSPS) is 14.1. The number of carbonyl (C=O) groups excluding carboxylic acids is 2. The average molecular weight is 255 g/mol. The van der Waals surface area contributed by atoms with Crippen LogP contribution in [0.25, 0.3) is 0 Å². The number of benzene rings is 1. The van der Waals surface area contributed by atoms with Gasteiger partial charge in [-0.2, -0.15) is 0 Å². The van der Waals surface area contributed by atoms with Crippen LogP contribution in [-0.4, -0.2) is 32.0 Å². The summed E-state index contributed by atoms with van der Waals surface area (Å²) in [7, 11) is 3.22. The molecule has 1 aromatic carbocycles. The molecule has 1 aromatic rings. The van der Waals surface area contributed by atoms with Gasteiger partial charge in [-0.3, -0.25) is 9.59 Å². The molecule has 0 N–H and O–H groups in total. The zero-order valence-electron chi connectivity index (χ0n) is 9.44. The molecule has 1 aliphatic rings. The van der Waals surface area contributed by atoms with Crippen molar-refractivity contribution >= 4 is 34.2 Å². The van der Waals surface area contributed by atoms with Crippen molar-refractivity contribution in [3.05, 3.63) is 18.2 Å². The van der Waals surface area contributed by atoms with E-state index in [0.29, 0.717) is 17.1 Å². The van der Waals surface area contributed by atoms with Crippen molar-refractivity contribution in [3.63, 3.8) is 0 Å². The van der Waals surface area contributed by atoms with Crippen LogP contribution < -0.4 is 14.5 Å². The van der Waals surface area contributed by atoms with E-state index < -0.39 is 5.37 Å². The summed E-state index contributed by atoms with van der Waals surface area (Å²) < 4.78 is 5.27. The molecule has 6 heteroatoms. The fourth-order valence-corrected chi connectivity index (χ4v) is 1.67. The Hall–Kier alpha value is -1.75. The second-order valence-corrected chi connectivity index (χ2v) is 4.03. The summed E-state index contributed by atoms with van der Waals surface area (Å²) in [5.74, 6) is 0.487. The van der Waals surface area contributed by atoms with Crippen LogP contribution in [0.3, 0.4) is 0 Å². The maximum absolute atomic E-state index is 11.5. The highest BCUT2D eigenvalue weighted by Crippen LogP contribution is 2.34. The summed E-state index contributed by atoms with van der Waals surface area (Å²) >= 11 is 5.39. The van der Waals surface area contributed by atoms with Crippen LogP contribution >= 0.6 is 11.6 Å². The lowest BCUT2D eigenvalue weighted by molar-refractivity contribution is -0.120. The fourth-order valence-electron chi connectivity index (χ4n) is 1.57. The lowest BCUT2D eigenvalue weighted by Crippen LogP contribution is -2.35. The first-order chi connectivity index (χ1) is 8.00. The van der Waals surface area contributed by atoms with Gasteiger partial charge in [0.1, 0.15) is 5.75 Å². The van der Waals surface area contributed by atoms with E-state index in [1.807, 2.05) is 0 Å². The van der Waals surface area contributed by atoms with Gasteiger partial charge in [0.25, 0.3) is 5.91 Å². The maximum Gasteiger partial charge on any atom is 0.320 e. The summed E-state index contributed by atoms with van der Waals surface area (Å²) in [6.45, 7) is 0.0348. The van der Waals surface area contributed by atoms with Crippen molar-refractivity contribution < 1.29 is 14.3 Å². The highest BCUT2D eigenvalue weighted by Gasteiger charge is 2.23. The number of rotatable bonds is 1. The Bertz CT molecular complexity index is 490. The van der Waals surface area contributed by atoms with Crippen LogP contribution in [0.1, 0.15) is 0 Å². The Kier molecular flexibility index (Phi) is 2.93. The molecular weight excluding hydrogens is 244 g/mol. The molecule has 90 valence electrons. The lowest BCUT2D eigenvalue weighted by atomic mass is 10.2. The van der Waals surface area contributed by atoms with Crippen molar-refractivity contribution in [3.8, 4) is 5.75 Å². The van der Waals surface area contributed by atoms with Gasteiger partial charge < -0.3 is 14.5 Å². The molecule has 0 saturated heterocycles. The van der Waals surface area contributed by atoms with Crippen LogP contribution in [0, 0.1) is 0 Å². The minimum atomic E-state index is -0.587. The number of halogens is 1. The minimum Gasteiger partial charge on any atom is -0.482 e. The molecule has 0 fully saturated rings. The number of likely N-dealkylation sites (N-methyl/N-ethyl adjacent to an activating group) is 1. The van der Waals surface area contributed by atoms with Gasteiger partial charge in [-0.05, 0) is 29.8 Å². The van der Waals surface area contributed by atoms with E-state index in [9.17, 15) is 9.59 Å². The van der Waals surface area contributed by atoms with Crippen molar-refractivity contribution in [1.82, 2.24) is 0 Å². The number of anilines is 2. The largest absolute Gasteiger partial charge is 0.482 e. The molecule has 2 amide bonds. The van der Waals surface area contributed by atoms with Gasteiger partial charge >= 0.3 is 5.37 Å². The Labute approximate surface area is 104 Å². The Morgan fingerprint density at radius 2 is 2.24 bits per heavy atom. The third kappa shape index (κ3) is 2.06. The smallest absolute Gasteiger partial charge is 0.320 e. The van der Waals surface area contributed by atoms with E-state index in [0.717, 1.165) is 0 Å². The number of nitrogens with zero attached hydrogens (tertiary/aromatic N) is 2. The lowest BCUT2D eigenvalue weighted by Gasteiger charge is -2.27. The standard InChI is InChI=1S/C11H11ClN2O3/c1-13(11(12)16)7-3-4-9-8(5-7)14(2)10(15)6-17-9/h3-5H,6H2,1-2H3. The molecular formula is C11H11ClN2O3. The van der Waals surface area contributed by atoms with Crippen molar-refractivity contribution in [1.29, 1.82) is 0 Å². The first-order valence-corrected chi connectivity index (χ1v) is 5.35. The Morgan fingerprint density at radius 3 is 2.88 bits per heavy atom. The number of fused-ring (bicyclic) bond motifs is 1. The van der Waals surface area contributed by atoms with Gasteiger partial charge in [-0.1, -0.05) is 0 Å². The third-order valence-electron chi connectivity index (χ3n) is 2.68. The number of ether oxygens (including phenoxy) is 1. The maximum atomic E-state index is 11.5. The zero-order chi connectivity index (χ0) is 12.6. The monoisotopic (exact) mass is 254 g/mol. The molecule has 0 aromatic heterocycles.